The number of carbonyl (C=O) groups is 3. The summed E-state index contributed by atoms with van der Waals surface area (Å²) in [5, 5.41) is 4.89. The fraction of sp³-hybridized carbons (Fsp3) is 0.167. The topological polar surface area (TPSA) is 84.5 Å². The SMILES string of the molecule is CC(=O)Nc1cccc(C(=O)OCC(=O)NCc2ccc(F)cc2F)c1. The highest BCUT2D eigenvalue weighted by molar-refractivity contribution is 5.94. The summed E-state index contributed by atoms with van der Waals surface area (Å²) in [6.07, 6.45) is 0. The van der Waals surface area contributed by atoms with Gasteiger partial charge in [-0.25, -0.2) is 13.6 Å². The number of anilines is 1. The minimum absolute atomic E-state index is 0.106. The molecule has 2 aromatic rings. The summed E-state index contributed by atoms with van der Waals surface area (Å²) in [6, 6.07) is 9.04. The Kier molecular flexibility index (Phi) is 6.37. The predicted molar refractivity (Wildman–Crippen MR) is 89.2 cm³/mol. The highest BCUT2D eigenvalue weighted by atomic mass is 19.1. The van der Waals surface area contributed by atoms with Gasteiger partial charge in [0.05, 0.1) is 5.56 Å². The lowest BCUT2D eigenvalue weighted by molar-refractivity contribution is -0.124. The van der Waals surface area contributed by atoms with Crippen LogP contribution in [0.1, 0.15) is 22.8 Å². The summed E-state index contributed by atoms with van der Waals surface area (Å²) in [5.41, 5.74) is 0.686. The molecule has 2 rings (SSSR count). The van der Waals surface area contributed by atoms with Gasteiger partial charge in [0.2, 0.25) is 5.91 Å². The van der Waals surface area contributed by atoms with Crippen LogP contribution in [0.5, 0.6) is 0 Å². The molecule has 0 aromatic heterocycles. The van der Waals surface area contributed by atoms with Gasteiger partial charge in [-0.1, -0.05) is 12.1 Å². The lowest BCUT2D eigenvalue weighted by atomic mass is 10.2. The Hall–Kier alpha value is -3.29. The van der Waals surface area contributed by atoms with E-state index >= 15 is 0 Å². The molecule has 26 heavy (non-hydrogen) atoms. The second-order valence-electron chi connectivity index (χ2n) is 5.35. The van der Waals surface area contributed by atoms with E-state index in [-0.39, 0.29) is 23.6 Å². The Bertz CT molecular complexity index is 840. The molecule has 2 aromatic carbocycles. The molecule has 0 aliphatic carbocycles. The number of ether oxygens (including phenoxy) is 1. The summed E-state index contributed by atoms with van der Waals surface area (Å²) in [5.74, 6) is -3.17. The molecular weight excluding hydrogens is 346 g/mol. The molecule has 0 saturated heterocycles. The molecule has 2 amide bonds. The number of halogens is 2. The first kappa shape index (κ1) is 19.0. The number of amides is 2. The van der Waals surface area contributed by atoms with Crippen LogP contribution < -0.4 is 10.6 Å². The molecule has 2 N–H and O–H groups in total. The van der Waals surface area contributed by atoms with Crippen LogP contribution in [0, 0.1) is 11.6 Å². The van der Waals surface area contributed by atoms with E-state index in [1.165, 1.54) is 25.1 Å². The maximum atomic E-state index is 13.5. The zero-order valence-corrected chi connectivity index (χ0v) is 13.8. The van der Waals surface area contributed by atoms with Crippen molar-refractivity contribution in [3.63, 3.8) is 0 Å². The van der Waals surface area contributed by atoms with Crippen molar-refractivity contribution in [3.8, 4) is 0 Å². The lowest BCUT2D eigenvalue weighted by Crippen LogP contribution is -2.28. The second kappa shape index (κ2) is 8.70. The number of benzene rings is 2. The van der Waals surface area contributed by atoms with E-state index in [4.69, 9.17) is 4.74 Å². The van der Waals surface area contributed by atoms with Crippen LogP contribution in [-0.2, 0) is 20.9 Å². The van der Waals surface area contributed by atoms with Gasteiger partial charge >= 0.3 is 5.97 Å². The summed E-state index contributed by atoms with van der Waals surface area (Å²) in [7, 11) is 0. The van der Waals surface area contributed by atoms with E-state index in [2.05, 4.69) is 10.6 Å². The van der Waals surface area contributed by atoms with Gasteiger partial charge < -0.3 is 15.4 Å². The molecule has 0 radical (unpaired) electrons. The van der Waals surface area contributed by atoms with Gasteiger partial charge in [0.1, 0.15) is 11.6 Å². The van der Waals surface area contributed by atoms with Crippen molar-refractivity contribution in [2.45, 2.75) is 13.5 Å². The predicted octanol–water partition coefficient (Wildman–Crippen LogP) is 2.40. The van der Waals surface area contributed by atoms with Crippen molar-refractivity contribution in [1.29, 1.82) is 0 Å². The van der Waals surface area contributed by atoms with Crippen LogP contribution in [-0.4, -0.2) is 24.4 Å². The Morgan fingerprint density at radius 1 is 1.08 bits per heavy atom. The zero-order chi connectivity index (χ0) is 19.1. The van der Waals surface area contributed by atoms with E-state index in [0.29, 0.717) is 11.8 Å². The fourth-order valence-corrected chi connectivity index (χ4v) is 2.05. The molecule has 6 nitrogen and oxygen atoms in total. The third-order valence-corrected chi connectivity index (χ3v) is 3.24. The fourth-order valence-electron chi connectivity index (χ4n) is 2.05. The Labute approximate surface area is 148 Å². The van der Waals surface area contributed by atoms with E-state index < -0.39 is 30.1 Å². The van der Waals surface area contributed by atoms with Crippen LogP contribution in [0.2, 0.25) is 0 Å². The molecule has 0 bridgehead atoms. The van der Waals surface area contributed by atoms with E-state index in [1.807, 2.05) is 0 Å². The Balaban J connectivity index is 1.85. The summed E-state index contributed by atoms with van der Waals surface area (Å²) in [6.45, 7) is 0.603. The number of hydrogen-bond donors (Lipinski definition) is 2. The van der Waals surface area contributed by atoms with Gasteiger partial charge in [-0.15, -0.1) is 0 Å². The van der Waals surface area contributed by atoms with Crippen LogP contribution in [0.3, 0.4) is 0 Å². The minimum atomic E-state index is -0.780. The van der Waals surface area contributed by atoms with Gasteiger partial charge in [0.25, 0.3) is 5.91 Å². The van der Waals surface area contributed by atoms with Crippen molar-refractivity contribution in [2.24, 2.45) is 0 Å². The maximum absolute atomic E-state index is 13.5. The molecule has 136 valence electrons. The smallest absolute Gasteiger partial charge is 0.338 e. The largest absolute Gasteiger partial charge is 0.452 e. The van der Waals surface area contributed by atoms with Gasteiger partial charge in [-0.3, -0.25) is 9.59 Å². The molecule has 0 saturated carbocycles. The summed E-state index contributed by atoms with van der Waals surface area (Å²) >= 11 is 0. The third kappa shape index (κ3) is 5.66. The molecule has 0 fully saturated rings. The van der Waals surface area contributed by atoms with E-state index in [0.717, 1.165) is 6.07 Å². The molecular formula is C18H16F2N2O4. The van der Waals surface area contributed by atoms with E-state index in [1.54, 1.807) is 12.1 Å². The average Bonchev–Trinajstić information content (AvgIpc) is 2.58. The molecule has 0 aliphatic heterocycles. The first-order chi connectivity index (χ1) is 12.3. The van der Waals surface area contributed by atoms with Gasteiger partial charge in [0, 0.05) is 30.8 Å². The number of carbonyl (C=O) groups excluding carboxylic acids is 3. The van der Waals surface area contributed by atoms with Crippen LogP contribution >= 0.6 is 0 Å². The Morgan fingerprint density at radius 2 is 1.85 bits per heavy atom. The summed E-state index contributed by atoms with van der Waals surface area (Å²) in [4.78, 5) is 34.7. The average molecular weight is 362 g/mol. The molecule has 0 unspecified atom stereocenters. The minimum Gasteiger partial charge on any atom is -0.452 e. The maximum Gasteiger partial charge on any atom is 0.338 e. The molecule has 0 aliphatic rings. The highest BCUT2D eigenvalue weighted by Crippen LogP contribution is 2.12. The van der Waals surface area contributed by atoms with Crippen molar-refractivity contribution in [3.05, 3.63) is 65.2 Å². The Morgan fingerprint density at radius 3 is 2.54 bits per heavy atom. The molecule has 0 spiro atoms. The van der Waals surface area contributed by atoms with Crippen LogP contribution in [0.25, 0.3) is 0 Å². The van der Waals surface area contributed by atoms with Crippen molar-refractivity contribution in [2.75, 3.05) is 11.9 Å². The highest BCUT2D eigenvalue weighted by Gasteiger charge is 2.12. The molecule has 0 atom stereocenters. The van der Waals surface area contributed by atoms with Gasteiger partial charge in [0.15, 0.2) is 6.61 Å². The van der Waals surface area contributed by atoms with Crippen molar-refractivity contribution in [1.82, 2.24) is 5.32 Å². The normalized spacial score (nSPS) is 10.1. The quantitative estimate of drug-likeness (QED) is 0.773. The molecule has 8 heteroatoms. The van der Waals surface area contributed by atoms with Crippen molar-refractivity contribution >= 4 is 23.5 Å². The van der Waals surface area contributed by atoms with Gasteiger partial charge in [-0.2, -0.15) is 0 Å². The first-order valence-corrected chi connectivity index (χ1v) is 7.60. The number of hydrogen-bond acceptors (Lipinski definition) is 4. The third-order valence-electron chi connectivity index (χ3n) is 3.24. The van der Waals surface area contributed by atoms with E-state index in [9.17, 15) is 23.2 Å². The van der Waals surface area contributed by atoms with Crippen LogP contribution in [0.4, 0.5) is 14.5 Å². The number of esters is 1. The zero-order valence-electron chi connectivity index (χ0n) is 13.8. The molecule has 0 heterocycles. The second-order valence-corrected chi connectivity index (χ2v) is 5.35. The summed E-state index contributed by atoms with van der Waals surface area (Å²) < 4.78 is 31.1. The van der Waals surface area contributed by atoms with Crippen molar-refractivity contribution < 1.29 is 27.9 Å². The lowest BCUT2D eigenvalue weighted by Gasteiger charge is -2.08. The van der Waals surface area contributed by atoms with Gasteiger partial charge in [-0.05, 0) is 24.3 Å². The first-order valence-electron chi connectivity index (χ1n) is 7.60. The monoisotopic (exact) mass is 362 g/mol. The van der Waals surface area contributed by atoms with Crippen LogP contribution in [0.15, 0.2) is 42.5 Å². The number of rotatable bonds is 6. The number of nitrogens with one attached hydrogen (secondary N) is 2. The standard InChI is InChI=1S/C18H16F2N2O4/c1-11(23)22-15-4-2-3-12(7-15)18(25)26-10-17(24)21-9-13-5-6-14(19)8-16(13)20/h2-8H,9-10H2,1H3,(H,21,24)(H,22,23).